The van der Waals surface area contributed by atoms with E-state index in [-0.39, 0.29) is 0 Å². The van der Waals surface area contributed by atoms with Gasteiger partial charge in [-0.15, -0.1) is 0 Å². The van der Waals surface area contributed by atoms with E-state index >= 15 is 0 Å². The average molecular weight is 326 g/mol. The highest BCUT2D eigenvalue weighted by molar-refractivity contribution is 5.76. The summed E-state index contributed by atoms with van der Waals surface area (Å²) in [5.41, 5.74) is 0. The minimum absolute atomic E-state index is 0.318. The summed E-state index contributed by atoms with van der Waals surface area (Å²) in [6.45, 7) is 14.7. The number of hydrogen-bond donors (Lipinski definition) is 1. The number of piperazine rings is 2. The first-order chi connectivity index (χ1) is 11.2. The molecule has 1 atom stereocenters. The van der Waals surface area contributed by atoms with Crippen LogP contribution in [0.5, 0.6) is 0 Å². The Bertz CT molecular complexity index is 347. The van der Waals surface area contributed by atoms with E-state index < -0.39 is 0 Å². The molecule has 6 nitrogen and oxygen atoms in total. The van der Waals surface area contributed by atoms with Crippen molar-refractivity contribution >= 4 is 5.91 Å². The van der Waals surface area contributed by atoms with Gasteiger partial charge in [-0.05, 0) is 13.3 Å². The van der Waals surface area contributed by atoms with Crippen molar-refractivity contribution < 1.29 is 9.53 Å². The number of carbonyl (C=O) groups is 1. The Morgan fingerprint density at radius 3 is 2.61 bits per heavy atom. The molecule has 2 rings (SSSR count). The van der Waals surface area contributed by atoms with Crippen molar-refractivity contribution in [2.45, 2.75) is 32.7 Å². The lowest BCUT2D eigenvalue weighted by Crippen LogP contribution is -2.54. The first-order valence-electron chi connectivity index (χ1n) is 9.27. The van der Waals surface area contributed by atoms with Gasteiger partial charge in [0.15, 0.2) is 0 Å². The van der Waals surface area contributed by atoms with Crippen molar-refractivity contribution in [1.82, 2.24) is 20.0 Å². The van der Waals surface area contributed by atoms with Crippen LogP contribution in [0, 0.1) is 0 Å². The summed E-state index contributed by atoms with van der Waals surface area (Å²) in [4.78, 5) is 19.3. The van der Waals surface area contributed by atoms with E-state index in [2.05, 4.69) is 22.0 Å². The van der Waals surface area contributed by atoms with Gasteiger partial charge < -0.3 is 15.0 Å². The number of carbonyl (C=O) groups excluding carboxylic acids is 1. The molecule has 2 saturated heterocycles. The second-order valence-electron chi connectivity index (χ2n) is 6.48. The molecule has 0 aromatic heterocycles. The van der Waals surface area contributed by atoms with E-state index in [1.165, 1.54) is 0 Å². The predicted molar refractivity (Wildman–Crippen MR) is 92.7 cm³/mol. The monoisotopic (exact) mass is 326 g/mol. The molecule has 23 heavy (non-hydrogen) atoms. The van der Waals surface area contributed by atoms with Gasteiger partial charge in [0.2, 0.25) is 5.91 Å². The highest BCUT2D eigenvalue weighted by Gasteiger charge is 2.26. The Balaban J connectivity index is 1.69. The third-order valence-corrected chi connectivity index (χ3v) is 5.00. The van der Waals surface area contributed by atoms with Gasteiger partial charge in [0.1, 0.15) is 0 Å². The number of ether oxygens (including phenoxy) is 1. The fourth-order valence-electron chi connectivity index (χ4n) is 3.49. The summed E-state index contributed by atoms with van der Waals surface area (Å²) >= 11 is 0. The molecule has 0 aliphatic carbocycles. The fraction of sp³-hybridized carbons (Fsp3) is 0.941. The first-order valence-corrected chi connectivity index (χ1v) is 9.27. The topological polar surface area (TPSA) is 48.1 Å². The summed E-state index contributed by atoms with van der Waals surface area (Å²) in [6.07, 6.45) is 1.82. The third kappa shape index (κ3) is 6.03. The number of amides is 1. The largest absolute Gasteiger partial charge is 0.380 e. The molecule has 1 N–H and O–H groups in total. The molecule has 6 heteroatoms. The highest BCUT2D eigenvalue weighted by Crippen LogP contribution is 2.13. The van der Waals surface area contributed by atoms with Crippen molar-refractivity contribution in [3.63, 3.8) is 0 Å². The molecule has 1 unspecified atom stereocenters. The van der Waals surface area contributed by atoms with Crippen LogP contribution in [0.3, 0.4) is 0 Å². The summed E-state index contributed by atoms with van der Waals surface area (Å²) in [6, 6.07) is 0.596. The van der Waals surface area contributed by atoms with Gasteiger partial charge in [-0.25, -0.2) is 0 Å². The Kier molecular flexibility index (Phi) is 8.30. The van der Waals surface area contributed by atoms with Crippen LogP contribution in [0.15, 0.2) is 0 Å². The fourth-order valence-corrected chi connectivity index (χ4v) is 3.49. The van der Waals surface area contributed by atoms with Gasteiger partial charge >= 0.3 is 0 Å². The average Bonchev–Trinajstić information content (AvgIpc) is 2.61. The van der Waals surface area contributed by atoms with E-state index in [1.54, 1.807) is 0 Å². The van der Waals surface area contributed by atoms with Crippen LogP contribution in [0.2, 0.25) is 0 Å². The van der Waals surface area contributed by atoms with E-state index in [1.807, 2.05) is 11.8 Å². The van der Waals surface area contributed by atoms with E-state index in [9.17, 15) is 4.79 Å². The zero-order chi connectivity index (χ0) is 16.5. The molecule has 134 valence electrons. The van der Waals surface area contributed by atoms with E-state index in [0.29, 0.717) is 18.4 Å². The van der Waals surface area contributed by atoms with Crippen molar-refractivity contribution in [3.05, 3.63) is 0 Å². The molecule has 0 aromatic carbocycles. The normalized spacial score (nSPS) is 24.1. The van der Waals surface area contributed by atoms with Crippen LogP contribution in [0.25, 0.3) is 0 Å². The number of nitrogens with one attached hydrogen (secondary N) is 1. The van der Waals surface area contributed by atoms with Gasteiger partial charge in [-0.2, -0.15) is 0 Å². The van der Waals surface area contributed by atoms with Crippen LogP contribution in [-0.4, -0.2) is 98.8 Å². The van der Waals surface area contributed by atoms with Crippen LogP contribution >= 0.6 is 0 Å². The molecule has 2 heterocycles. The quantitative estimate of drug-likeness (QED) is 0.648. The van der Waals surface area contributed by atoms with Crippen LogP contribution < -0.4 is 5.32 Å². The molecule has 2 aliphatic heterocycles. The molecular formula is C17H34N4O2. The third-order valence-electron chi connectivity index (χ3n) is 5.00. The van der Waals surface area contributed by atoms with Gasteiger partial charge in [0, 0.05) is 78.0 Å². The SMILES string of the molecule is CCOCCN1CCN(CCC(=O)N2CCNCC2)CC1CC. The van der Waals surface area contributed by atoms with Crippen LogP contribution in [0.1, 0.15) is 26.7 Å². The Morgan fingerprint density at radius 1 is 1.13 bits per heavy atom. The zero-order valence-corrected chi connectivity index (χ0v) is 14.9. The Hall–Kier alpha value is -0.690. The first kappa shape index (κ1) is 18.6. The van der Waals surface area contributed by atoms with Gasteiger partial charge in [0.05, 0.1) is 6.61 Å². The maximum absolute atomic E-state index is 12.3. The summed E-state index contributed by atoms with van der Waals surface area (Å²) in [5.74, 6) is 0.318. The molecule has 1 amide bonds. The molecule has 0 radical (unpaired) electrons. The summed E-state index contributed by atoms with van der Waals surface area (Å²) in [7, 11) is 0. The summed E-state index contributed by atoms with van der Waals surface area (Å²) in [5, 5.41) is 3.29. The lowest BCUT2D eigenvalue weighted by Gasteiger charge is -2.41. The highest BCUT2D eigenvalue weighted by atomic mass is 16.5. The molecule has 2 fully saturated rings. The second kappa shape index (κ2) is 10.2. The van der Waals surface area contributed by atoms with E-state index in [0.717, 1.165) is 78.5 Å². The molecular weight excluding hydrogens is 292 g/mol. The van der Waals surface area contributed by atoms with Gasteiger partial charge in [-0.1, -0.05) is 6.92 Å². The molecule has 0 saturated carbocycles. The second-order valence-corrected chi connectivity index (χ2v) is 6.48. The van der Waals surface area contributed by atoms with E-state index in [4.69, 9.17) is 4.74 Å². The maximum atomic E-state index is 12.3. The smallest absolute Gasteiger partial charge is 0.223 e. The number of rotatable bonds is 8. The summed E-state index contributed by atoms with van der Waals surface area (Å²) < 4.78 is 5.49. The maximum Gasteiger partial charge on any atom is 0.223 e. The van der Waals surface area contributed by atoms with Gasteiger partial charge in [0.25, 0.3) is 0 Å². The lowest BCUT2D eigenvalue weighted by atomic mass is 10.1. The number of hydrogen-bond acceptors (Lipinski definition) is 5. The molecule has 0 aromatic rings. The minimum Gasteiger partial charge on any atom is -0.380 e. The van der Waals surface area contributed by atoms with Crippen molar-refractivity contribution in [3.8, 4) is 0 Å². The number of nitrogens with zero attached hydrogens (tertiary/aromatic N) is 3. The Morgan fingerprint density at radius 2 is 1.91 bits per heavy atom. The zero-order valence-electron chi connectivity index (χ0n) is 14.9. The molecule has 0 bridgehead atoms. The molecule has 0 spiro atoms. The minimum atomic E-state index is 0.318. The standard InChI is InChI=1S/C17H34N4O2/c1-3-16-15-19(11-12-20(16)13-14-23-4-2)8-5-17(22)21-9-6-18-7-10-21/h16,18H,3-15H2,1-2H3. The van der Waals surface area contributed by atoms with Crippen molar-refractivity contribution in [2.24, 2.45) is 0 Å². The predicted octanol–water partition coefficient (Wildman–Crippen LogP) is 0.241. The van der Waals surface area contributed by atoms with Crippen LogP contribution in [0.4, 0.5) is 0 Å². The van der Waals surface area contributed by atoms with Gasteiger partial charge in [-0.3, -0.25) is 14.6 Å². The van der Waals surface area contributed by atoms with Crippen molar-refractivity contribution in [1.29, 1.82) is 0 Å². The van der Waals surface area contributed by atoms with Crippen LogP contribution in [-0.2, 0) is 9.53 Å². The molecule has 2 aliphatic rings. The Labute approximate surface area is 141 Å². The lowest BCUT2D eigenvalue weighted by molar-refractivity contribution is -0.132. The van der Waals surface area contributed by atoms with Crippen molar-refractivity contribution in [2.75, 3.05) is 72.1 Å².